The normalized spacial score (nSPS) is 11.5. The Balaban J connectivity index is 1.82. The van der Waals surface area contributed by atoms with Gasteiger partial charge in [-0.1, -0.05) is 18.2 Å². The molecule has 3 rings (SSSR count). The Bertz CT molecular complexity index is 980. The first kappa shape index (κ1) is 19.5. The molecular formula is C19H14F5N3O. The molecule has 0 aliphatic carbocycles. The maximum Gasteiger partial charge on any atom is 0.434 e. The first-order valence-electron chi connectivity index (χ1n) is 8.20. The Kier molecular flexibility index (Phi) is 5.43. The molecule has 0 spiro atoms. The molecule has 0 fully saturated rings. The maximum absolute atomic E-state index is 13.6. The van der Waals surface area contributed by atoms with Crippen molar-refractivity contribution in [2.45, 2.75) is 12.6 Å². The van der Waals surface area contributed by atoms with Gasteiger partial charge in [0, 0.05) is 6.54 Å². The van der Waals surface area contributed by atoms with Crippen LogP contribution in [0.1, 0.15) is 21.6 Å². The number of nitrogens with zero attached hydrogens (tertiary/aromatic N) is 2. The van der Waals surface area contributed by atoms with E-state index in [0.29, 0.717) is 10.2 Å². The van der Waals surface area contributed by atoms with Gasteiger partial charge in [-0.2, -0.15) is 18.3 Å². The molecule has 28 heavy (non-hydrogen) atoms. The summed E-state index contributed by atoms with van der Waals surface area (Å²) in [6.07, 6.45) is -3.96. The van der Waals surface area contributed by atoms with E-state index in [9.17, 15) is 26.7 Å². The second kappa shape index (κ2) is 7.79. The van der Waals surface area contributed by atoms with Gasteiger partial charge in [-0.05, 0) is 42.3 Å². The zero-order chi connectivity index (χ0) is 20.3. The largest absolute Gasteiger partial charge is 0.434 e. The summed E-state index contributed by atoms with van der Waals surface area (Å²) in [5.74, 6) is -2.07. The lowest BCUT2D eigenvalue weighted by Gasteiger charge is -2.13. The number of benzene rings is 2. The second-order valence-corrected chi connectivity index (χ2v) is 5.89. The number of alkyl halides is 3. The third-order valence-electron chi connectivity index (χ3n) is 3.99. The number of nitrogens with one attached hydrogen (secondary N) is 1. The van der Waals surface area contributed by atoms with Crippen LogP contribution < -0.4 is 5.32 Å². The van der Waals surface area contributed by atoms with Crippen LogP contribution in [0.4, 0.5) is 22.0 Å². The van der Waals surface area contributed by atoms with E-state index in [-0.39, 0.29) is 18.7 Å². The molecule has 2 aromatic carbocycles. The van der Waals surface area contributed by atoms with Gasteiger partial charge in [-0.15, -0.1) is 0 Å². The number of rotatable bonds is 5. The molecule has 0 bridgehead atoms. The van der Waals surface area contributed by atoms with E-state index in [2.05, 4.69) is 10.4 Å². The number of carbonyl (C=O) groups excluding carboxylic acids is 1. The Morgan fingerprint density at radius 1 is 1.04 bits per heavy atom. The molecule has 146 valence electrons. The lowest BCUT2D eigenvalue weighted by atomic mass is 10.1. The fourth-order valence-electron chi connectivity index (χ4n) is 2.67. The summed E-state index contributed by atoms with van der Waals surface area (Å²) in [7, 11) is 0. The van der Waals surface area contributed by atoms with E-state index < -0.39 is 35.0 Å². The van der Waals surface area contributed by atoms with Gasteiger partial charge in [-0.3, -0.25) is 4.79 Å². The van der Waals surface area contributed by atoms with E-state index in [1.807, 2.05) is 0 Å². The molecule has 0 saturated heterocycles. The first-order valence-corrected chi connectivity index (χ1v) is 8.20. The molecule has 1 N–H and O–H groups in total. The van der Waals surface area contributed by atoms with Crippen molar-refractivity contribution in [1.82, 2.24) is 15.1 Å². The summed E-state index contributed by atoms with van der Waals surface area (Å²) >= 11 is 0. The molecule has 0 unspecified atom stereocenters. The Morgan fingerprint density at radius 2 is 1.71 bits per heavy atom. The molecular weight excluding hydrogens is 381 g/mol. The molecule has 3 aromatic rings. The monoisotopic (exact) mass is 395 g/mol. The zero-order valence-electron chi connectivity index (χ0n) is 14.3. The lowest BCUT2D eigenvalue weighted by molar-refractivity contribution is -0.143. The van der Waals surface area contributed by atoms with Crippen LogP contribution in [0.3, 0.4) is 0 Å². The molecule has 0 aliphatic rings. The SMILES string of the molecule is O=C(NCCc1ccccc1F)c1cnn(-c2ccc(F)cc2)c1C(F)(F)F. The number of hydrogen-bond acceptors (Lipinski definition) is 2. The summed E-state index contributed by atoms with van der Waals surface area (Å²) < 4.78 is 67.8. The molecule has 1 heterocycles. The highest BCUT2D eigenvalue weighted by molar-refractivity contribution is 5.95. The Labute approximate surface area is 156 Å². The van der Waals surface area contributed by atoms with Crippen LogP contribution >= 0.6 is 0 Å². The van der Waals surface area contributed by atoms with E-state index in [4.69, 9.17) is 0 Å². The van der Waals surface area contributed by atoms with E-state index in [1.54, 1.807) is 6.07 Å². The van der Waals surface area contributed by atoms with Gasteiger partial charge in [0.2, 0.25) is 0 Å². The van der Waals surface area contributed by atoms with Crippen LogP contribution in [-0.4, -0.2) is 22.2 Å². The molecule has 0 atom stereocenters. The fraction of sp³-hybridized carbons (Fsp3) is 0.158. The number of carbonyl (C=O) groups is 1. The summed E-state index contributed by atoms with van der Waals surface area (Å²) in [5, 5.41) is 5.98. The van der Waals surface area contributed by atoms with E-state index in [0.717, 1.165) is 30.5 Å². The summed E-state index contributed by atoms with van der Waals surface area (Å²) in [5.41, 5.74) is -1.66. The van der Waals surface area contributed by atoms with Crippen LogP contribution in [0, 0.1) is 11.6 Å². The smallest absolute Gasteiger partial charge is 0.352 e. The van der Waals surface area contributed by atoms with Crippen molar-refractivity contribution >= 4 is 5.91 Å². The third-order valence-corrected chi connectivity index (χ3v) is 3.99. The third kappa shape index (κ3) is 4.19. The van der Waals surface area contributed by atoms with Crippen LogP contribution in [0.25, 0.3) is 5.69 Å². The minimum atomic E-state index is -4.87. The highest BCUT2D eigenvalue weighted by Crippen LogP contribution is 2.33. The van der Waals surface area contributed by atoms with Crippen molar-refractivity contribution < 1.29 is 26.7 Å². The Hall–Kier alpha value is -3.23. The topological polar surface area (TPSA) is 46.9 Å². The standard InChI is InChI=1S/C19H14F5N3O/c20-13-5-7-14(8-6-13)27-17(19(22,23)24)15(11-26-27)18(28)25-10-9-12-3-1-2-4-16(12)21/h1-8,11H,9-10H2,(H,25,28). The van der Waals surface area contributed by atoms with Gasteiger partial charge in [0.15, 0.2) is 5.69 Å². The van der Waals surface area contributed by atoms with Crippen LogP contribution in [0.2, 0.25) is 0 Å². The molecule has 0 radical (unpaired) electrons. The van der Waals surface area contributed by atoms with Gasteiger partial charge in [-0.25, -0.2) is 13.5 Å². The summed E-state index contributed by atoms with van der Waals surface area (Å²) in [4.78, 5) is 12.3. The average molecular weight is 395 g/mol. The van der Waals surface area contributed by atoms with Gasteiger partial charge in [0.1, 0.15) is 11.6 Å². The van der Waals surface area contributed by atoms with Gasteiger partial charge >= 0.3 is 6.18 Å². The van der Waals surface area contributed by atoms with Crippen molar-refractivity contribution in [2.75, 3.05) is 6.54 Å². The zero-order valence-corrected chi connectivity index (χ0v) is 14.3. The predicted molar refractivity (Wildman–Crippen MR) is 91.0 cm³/mol. The molecule has 9 heteroatoms. The van der Waals surface area contributed by atoms with E-state index >= 15 is 0 Å². The fourth-order valence-corrected chi connectivity index (χ4v) is 2.67. The van der Waals surface area contributed by atoms with E-state index in [1.165, 1.54) is 18.2 Å². The van der Waals surface area contributed by atoms with Crippen molar-refractivity contribution in [3.8, 4) is 5.69 Å². The minimum absolute atomic E-state index is 0.0425. The summed E-state index contributed by atoms with van der Waals surface area (Å²) in [6.45, 7) is -0.0568. The minimum Gasteiger partial charge on any atom is -0.352 e. The molecule has 1 aromatic heterocycles. The van der Waals surface area contributed by atoms with Crippen LogP contribution in [-0.2, 0) is 12.6 Å². The number of aromatic nitrogens is 2. The predicted octanol–water partition coefficient (Wildman–Crippen LogP) is 4.14. The van der Waals surface area contributed by atoms with Crippen molar-refractivity contribution in [3.63, 3.8) is 0 Å². The summed E-state index contributed by atoms with van der Waals surface area (Å²) in [6, 6.07) is 10.1. The average Bonchev–Trinajstić information content (AvgIpc) is 3.09. The lowest BCUT2D eigenvalue weighted by Crippen LogP contribution is -2.28. The van der Waals surface area contributed by atoms with Gasteiger partial charge < -0.3 is 5.32 Å². The van der Waals surface area contributed by atoms with Crippen LogP contribution in [0.5, 0.6) is 0 Å². The van der Waals surface area contributed by atoms with Crippen molar-refractivity contribution in [3.05, 3.63) is 83.2 Å². The maximum atomic E-state index is 13.6. The van der Waals surface area contributed by atoms with Gasteiger partial charge in [0.05, 0.1) is 17.4 Å². The quantitative estimate of drug-likeness (QED) is 0.660. The molecule has 0 saturated carbocycles. The van der Waals surface area contributed by atoms with Crippen molar-refractivity contribution in [2.24, 2.45) is 0 Å². The number of hydrogen-bond donors (Lipinski definition) is 1. The first-order chi connectivity index (χ1) is 13.3. The van der Waals surface area contributed by atoms with Crippen molar-refractivity contribution in [1.29, 1.82) is 0 Å². The molecule has 1 amide bonds. The second-order valence-electron chi connectivity index (χ2n) is 5.89. The highest BCUT2D eigenvalue weighted by atomic mass is 19.4. The van der Waals surface area contributed by atoms with Crippen LogP contribution in [0.15, 0.2) is 54.7 Å². The van der Waals surface area contributed by atoms with Gasteiger partial charge in [0.25, 0.3) is 5.91 Å². The highest BCUT2D eigenvalue weighted by Gasteiger charge is 2.40. The molecule has 4 nitrogen and oxygen atoms in total. The molecule has 0 aliphatic heterocycles. The Morgan fingerprint density at radius 3 is 2.36 bits per heavy atom. The number of halogens is 5. The number of amides is 1.